The summed E-state index contributed by atoms with van der Waals surface area (Å²) in [6, 6.07) is 28.1. The molecule has 0 amide bonds. The van der Waals surface area contributed by atoms with E-state index in [2.05, 4.69) is 114 Å². The van der Waals surface area contributed by atoms with Crippen LogP contribution in [0, 0.1) is 6.92 Å². The molecule has 0 saturated heterocycles. The van der Waals surface area contributed by atoms with Crippen molar-refractivity contribution in [2.75, 3.05) is 0 Å². The van der Waals surface area contributed by atoms with Crippen LogP contribution in [-0.2, 0) is 0 Å². The van der Waals surface area contributed by atoms with Gasteiger partial charge in [0.05, 0.1) is 16.9 Å². The lowest BCUT2D eigenvalue weighted by Gasteiger charge is -2.13. The number of benzene rings is 3. The summed E-state index contributed by atoms with van der Waals surface area (Å²) in [5.74, 6) is 0. The van der Waals surface area contributed by atoms with E-state index in [1.165, 1.54) is 27.5 Å². The van der Waals surface area contributed by atoms with Gasteiger partial charge in [-0.05, 0) is 84.0 Å². The average molecular weight is 426 g/mol. The number of rotatable bonds is 3. The molecule has 0 N–H and O–H groups in total. The normalized spacial score (nSPS) is 11.8. The number of aromatic nitrogens is 3. The molecule has 3 heterocycles. The van der Waals surface area contributed by atoms with Gasteiger partial charge < -0.3 is 0 Å². The smallest absolute Gasteiger partial charge is 0.145 e. The van der Waals surface area contributed by atoms with Gasteiger partial charge in [-0.3, -0.25) is 9.38 Å². The second-order valence-corrected chi connectivity index (χ2v) is 8.34. The summed E-state index contributed by atoms with van der Waals surface area (Å²) in [5, 5.41) is 3.59. The molecule has 6 rings (SSSR count). The van der Waals surface area contributed by atoms with Crippen LogP contribution in [0.3, 0.4) is 0 Å². The monoisotopic (exact) mass is 425 g/mol. The summed E-state index contributed by atoms with van der Waals surface area (Å²) in [4.78, 5) is 9.17. The molecule has 158 valence electrons. The molecule has 0 atom stereocenters. The van der Waals surface area contributed by atoms with Crippen molar-refractivity contribution in [1.29, 1.82) is 0 Å². The molecule has 3 heteroatoms. The maximum atomic E-state index is 4.99. The Morgan fingerprint density at radius 1 is 0.697 bits per heavy atom. The van der Waals surface area contributed by atoms with Crippen LogP contribution < -0.4 is 0 Å². The van der Waals surface area contributed by atoms with E-state index in [9.17, 15) is 0 Å². The highest BCUT2D eigenvalue weighted by Gasteiger charge is 2.16. The maximum Gasteiger partial charge on any atom is 0.145 e. The van der Waals surface area contributed by atoms with Crippen molar-refractivity contribution in [2.24, 2.45) is 0 Å². The molecule has 3 aromatic carbocycles. The highest BCUT2D eigenvalue weighted by molar-refractivity contribution is 6.14. The van der Waals surface area contributed by atoms with Gasteiger partial charge in [0.15, 0.2) is 0 Å². The van der Waals surface area contributed by atoms with E-state index in [4.69, 9.17) is 4.98 Å². The van der Waals surface area contributed by atoms with Crippen molar-refractivity contribution in [3.8, 4) is 22.3 Å². The van der Waals surface area contributed by atoms with Crippen LogP contribution in [0.4, 0.5) is 0 Å². The van der Waals surface area contributed by atoms with Crippen LogP contribution in [0.25, 0.3) is 55.7 Å². The number of pyridine rings is 2. The first-order chi connectivity index (χ1) is 16.2. The molecule has 33 heavy (non-hydrogen) atoms. The van der Waals surface area contributed by atoms with Gasteiger partial charge in [-0.1, -0.05) is 48.5 Å². The summed E-state index contributed by atoms with van der Waals surface area (Å²) in [7, 11) is 0. The van der Waals surface area contributed by atoms with Crippen molar-refractivity contribution in [2.45, 2.75) is 13.8 Å². The van der Waals surface area contributed by atoms with Gasteiger partial charge in [-0.15, -0.1) is 0 Å². The minimum absolute atomic E-state index is 0.997. The van der Waals surface area contributed by atoms with Crippen LogP contribution in [-0.4, -0.2) is 14.4 Å². The fourth-order valence-electron chi connectivity index (χ4n) is 4.76. The third-order valence-electron chi connectivity index (χ3n) is 6.33. The fourth-order valence-corrected chi connectivity index (χ4v) is 4.76. The number of hydrogen-bond donors (Lipinski definition) is 0. The summed E-state index contributed by atoms with van der Waals surface area (Å²) in [5.41, 5.74) is 9.09. The molecular weight excluding hydrogens is 402 g/mol. The Morgan fingerprint density at radius 2 is 1.39 bits per heavy atom. The van der Waals surface area contributed by atoms with E-state index in [0.29, 0.717) is 0 Å². The van der Waals surface area contributed by atoms with Crippen LogP contribution in [0.5, 0.6) is 0 Å². The Morgan fingerprint density at radius 3 is 2.15 bits per heavy atom. The SMILES string of the molecule is C/C=C\c1c(C)nc2c3ccc(-c4ccncc4)cc3c3cc(-c4ccccc4)ccc3n12. The highest BCUT2D eigenvalue weighted by Crippen LogP contribution is 2.36. The topological polar surface area (TPSA) is 30.2 Å². The summed E-state index contributed by atoms with van der Waals surface area (Å²) in [6.45, 7) is 4.14. The Balaban J connectivity index is 1.76. The molecule has 0 aliphatic rings. The van der Waals surface area contributed by atoms with Gasteiger partial charge in [0.1, 0.15) is 5.65 Å². The second kappa shape index (κ2) is 7.72. The number of fused-ring (bicyclic) bond motifs is 6. The zero-order valence-electron chi connectivity index (χ0n) is 18.7. The quantitative estimate of drug-likeness (QED) is 0.272. The van der Waals surface area contributed by atoms with Crippen molar-refractivity contribution in [1.82, 2.24) is 14.4 Å². The first-order valence-corrected chi connectivity index (χ1v) is 11.2. The molecule has 0 unspecified atom stereocenters. The maximum absolute atomic E-state index is 4.99. The van der Waals surface area contributed by atoms with E-state index in [1.807, 2.05) is 12.4 Å². The van der Waals surface area contributed by atoms with Gasteiger partial charge in [-0.2, -0.15) is 0 Å². The molecule has 0 radical (unpaired) electrons. The predicted octanol–water partition coefficient (Wildman–Crippen LogP) is 7.71. The molecule has 0 saturated carbocycles. The Bertz CT molecular complexity index is 1660. The van der Waals surface area contributed by atoms with Crippen LogP contribution in [0.15, 0.2) is 97.3 Å². The number of allylic oxidation sites excluding steroid dienone is 1. The van der Waals surface area contributed by atoms with Gasteiger partial charge >= 0.3 is 0 Å². The standard InChI is InChI=1S/C30H23N3/c1-3-7-28-20(2)32-30-25-12-10-23(22-14-16-31-17-15-22)18-26(25)27-19-24(11-13-29(27)33(28)30)21-8-5-4-6-9-21/h3-19H,1-2H3/b7-3-. The number of nitrogens with zero attached hydrogens (tertiary/aromatic N) is 3. The number of aryl methyl sites for hydroxylation is 1. The van der Waals surface area contributed by atoms with Crippen molar-refractivity contribution in [3.05, 3.63) is 109 Å². The Kier molecular flexibility index (Phi) is 4.55. The molecule has 0 fully saturated rings. The predicted molar refractivity (Wildman–Crippen MR) is 138 cm³/mol. The Hall–Kier alpha value is -4.24. The fraction of sp³-hybridized carbons (Fsp3) is 0.0667. The minimum Gasteiger partial charge on any atom is -0.292 e. The molecule has 0 bridgehead atoms. The average Bonchev–Trinajstić information content (AvgIpc) is 3.21. The first-order valence-electron chi connectivity index (χ1n) is 11.2. The van der Waals surface area contributed by atoms with E-state index >= 15 is 0 Å². The summed E-state index contributed by atoms with van der Waals surface area (Å²) in [6.07, 6.45) is 7.92. The van der Waals surface area contributed by atoms with Crippen molar-refractivity contribution < 1.29 is 0 Å². The summed E-state index contributed by atoms with van der Waals surface area (Å²) < 4.78 is 2.30. The van der Waals surface area contributed by atoms with Crippen LogP contribution >= 0.6 is 0 Å². The van der Waals surface area contributed by atoms with Crippen LogP contribution in [0.2, 0.25) is 0 Å². The van der Waals surface area contributed by atoms with Gasteiger partial charge in [0.25, 0.3) is 0 Å². The molecule has 0 aliphatic carbocycles. The number of imidazole rings is 1. The molecule has 3 aromatic heterocycles. The van der Waals surface area contributed by atoms with Crippen molar-refractivity contribution in [3.63, 3.8) is 0 Å². The molecule has 6 aromatic rings. The third kappa shape index (κ3) is 3.13. The van der Waals surface area contributed by atoms with E-state index in [0.717, 1.165) is 33.5 Å². The number of hydrogen-bond acceptors (Lipinski definition) is 2. The third-order valence-corrected chi connectivity index (χ3v) is 6.33. The highest BCUT2D eigenvalue weighted by atomic mass is 15.0. The van der Waals surface area contributed by atoms with Crippen LogP contribution in [0.1, 0.15) is 18.3 Å². The molecular formula is C30H23N3. The minimum atomic E-state index is 0.997. The first kappa shape index (κ1) is 19.4. The van der Waals surface area contributed by atoms with E-state index < -0.39 is 0 Å². The van der Waals surface area contributed by atoms with Gasteiger partial charge in [0.2, 0.25) is 0 Å². The Labute approximate surface area is 192 Å². The van der Waals surface area contributed by atoms with E-state index in [1.54, 1.807) is 0 Å². The van der Waals surface area contributed by atoms with E-state index in [-0.39, 0.29) is 0 Å². The van der Waals surface area contributed by atoms with Gasteiger partial charge in [0, 0.05) is 23.2 Å². The zero-order valence-corrected chi connectivity index (χ0v) is 18.7. The zero-order chi connectivity index (χ0) is 22.4. The lowest BCUT2D eigenvalue weighted by atomic mass is 9.97. The summed E-state index contributed by atoms with van der Waals surface area (Å²) >= 11 is 0. The molecule has 3 nitrogen and oxygen atoms in total. The molecule has 0 aliphatic heterocycles. The largest absolute Gasteiger partial charge is 0.292 e. The second-order valence-electron chi connectivity index (χ2n) is 8.34. The molecule has 0 spiro atoms. The lowest BCUT2D eigenvalue weighted by Crippen LogP contribution is -1.95. The van der Waals surface area contributed by atoms with Crippen molar-refractivity contribution >= 4 is 33.4 Å². The lowest BCUT2D eigenvalue weighted by molar-refractivity contribution is 1.23. The van der Waals surface area contributed by atoms with Gasteiger partial charge in [-0.25, -0.2) is 4.98 Å².